The molecule has 2 aromatic carbocycles. The van der Waals surface area contributed by atoms with Crippen molar-refractivity contribution in [2.45, 2.75) is 30.7 Å². The maximum atomic E-state index is 12.7. The van der Waals surface area contributed by atoms with Crippen LogP contribution in [0.5, 0.6) is 5.75 Å². The first-order chi connectivity index (χ1) is 14.7. The molecule has 1 aliphatic heterocycles. The lowest BCUT2D eigenvalue weighted by molar-refractivity contribution is -0.274. The minimum Gasteiger partial charge on any atom is -0.406 e. The molecule has 0 amide bonds. The molecule has 7 nitrogen and oxygen atoms in total. The second-order valence-electron chi connectivity index (χ2n) is 6.67. The fraction of sp³-hybridized carbons (Fsp3) is 0.300. The molecular weight excluding hydrogens is 435 g/mol. The van der Waals surface area contributed by atoms with Crippen molar-refractivity contribution >= 4 is 15.7 Å². The zero-order chi connectivity index (χ0) is 22.5. The minimum absolute atomic E-state index is 0.115. The highest BCUT2D eigenvalue weighted by Gasteiger charge is 2.32. The molecule has 1 fully saturated rings. The van der Waals surface area contributed by atoms with Crippen molar-refractivity contribution in [3.05, 3.63) is 59.7 Å². The smallest absolute Gasteiger partial charge is 0.406 e. The van der Waals surface area contributed by atoms with E-state index >= 15 is 0 Å². The zero-order valence-corrected chi connectivity index (χ0v) is 17.0. The Bertz CT molecular complexity index is 1080. The normalized spacial score (nSPS) is 15.2. The van der Waals surface area contributed by atoms with E-state index in [1.807, 2.05) is 6.07 Å². The predicted molar refractivity (Wildman–Crippen MR) is 104 cm³/mol. The van der Waals surface area contributed by atoms with E-state index < -0.39 is 22.1 Å². The molecule has 2 aromatic rings. The van der Waals surface area contributed by atoms with Gasteiger partial charge in [-0.2, -0.15) is 9.57 Å². The largest absolute Gasteiger partial charge is 0.573 e. The van der Waals surface area contributed by atoms with Gasteiger partial charge in [0.1, 0.15) is 12.4 Å². The van der Waals surface area contributed by atoms with E-state index in [0.717, 1.165) is 29.8 Å². The third-order valence-electron chi connectivity index (χ3n) is 4.48. The maximum absolute atomic E-state index is 12.7. The Morgan fingerprint density at radius 3 is 2.39 bits per heavy atom. The molecule has 3 rings (SSSR count). The Morgan fingerprint density at radius 2 is 1.77 bits per heavy atom. The van der Waals surface area contributed by atoms with Gasteiger partial charge in [0.15, 0.2) is 0 Å². The van der Waals surface area contributed by atoms with Crippen molar-refractivity contribution in [1.82, 2.24) is 4.31 Å². The van der Waals surface area contributed by atoms with Crippen LogP contribution in [0.4, 0.5) is 13.2 Å². The summed E-state index contributed by atoms with van der Waals surface area (Å²) in [6.07, 6.45) is -4.11. The zero-order valence-electron chi connectivity index (χ0n) is 16.2. The first-order valence-electron chi connectivity index (χ1n) is 9.20. The van der Waals surface area contributed by atoms with Crippen molar-refractivity contribution < 1.29 is 31.2 Å². The van der Waals surface area contributed by atoms with Crippen LogP contribution in [0.2, 0.25) is 0 Å². The van der Waals surface area contributed by atoms with Gasteiger partial charge in [-0.25, -0.2) is 8.42 Å². The minimum atomic E-state index is -4.84. The van der Waals surface area contributed by atoms with Crippen LogP contribution in [0.1, 0.15) is 24.0 Å². The number of nitrogens with zero attached hydrogens (tertiary/aromatic N) is 3. The van der Waals surface area contributed by atoms with Gasteiger partial charge in [-0.15, -0.1) is 13.2 Å². The summed E-state index contributed by atoms with van der Waals surface area (Å²) in [7, 11) is -3.85. The average molecular weight is 453 g/mol. The molecule has 1 heterocycles. The standard InChI is InChI=1S/C20H18F3N3O4S/c21-20(22,23)30-18-4-6-19(7-5-18)31(27,28)26-10-8-17(9-11-26)25-29-14-16-3-1-2-15(12-16)13-24/h1-7,12H,8-11,14H2. The molecule has 0 aliphatic carbocycles. The molecule has 164 valence electrons. The maximum Gasteiger partial charge on any atom is 0.573 e. The molecule has 0 unspecified atom stereocenters. The number of hydrogen-bond donors (Lipinski definition) is 0. The summed E-state index contributed by atoms with van der Waals surface area (Å²) in [5, 5.41) is 13.0. The third-order valence-corrected chi connectivity index (χ3v) is 6.39. The summed E-state index contributed by atoms with van der Waals surface area (Å²) in [6.45, 7) is 0.540. The molecule has 0 N–H and O–H groups in total. The van der Waals surface area contributed by atoms with Crippen molar-refractivity contribution in [3.8, 4) is 11.8 Å². The summed E-state index contributed by atoms with van der Waals surface area (Å²) in [5.74, 6) is -0.489. The molecule has 0 spiro atoms. The van der Waals surface area contributed by atoms with Crippen LogP contribution in [0.25, 0.3) is 0 Å². The second-order valence-corrected chi connectivity index (χ2v) is 8.60. The van der Waals surface area contributed by atoms with Gasteiger partial charge < -0.3 is 9.57 Å². The molecular formula is C20H18F3N3O4S. The topological polar surface area (TPSA) is 92.0 Å². The van der Waals surface area contributed by atoms with E-state index in [0.29, 0.717) is 24.1 Å². The van der Waals surface area contributed by atoms with Crippen LogP contribution in [-0.4, -0.2) is 37.9 Å². The van der Waals surface area contributed by atoms with Crippen LogP contribution in [0.3, 0.4) is 0 Å². The molecule has 11 heteroatoms. The molecule has 0 atom stereocenters. The van der Waals surface area contributed by atoms with Crippen molar-refractivity contribution in [2.24, 2.45) is 5.16 Å². The summed E-state index contributed by atoms with van der Waals surface area (Å²) in [4.78, 5) is 5.21. The van der Waals surface area contributed by atoms with Crippen LogP contribution < -0.4 is 4.74 Å². The van der Waals surface area contributed by atoms with Crippen LogP contribution in [0, 0.1) is 11.3 Å². The SMILES string of the molecule is N#Cc1cccc(CON=C2CCN(S(=O)(=O)c3ccc(OC(F)(F)F)cc3)CC2)c1. The number of alkyl halides is 3. The summed E-state index contributed by atoms with van der Waals surface area (Å²) in [6, 6.07) is 13.1. The average Bonchev–Trinajstić information content (AvgIpc) is 2.73. The second kappa shape index (κ2) is 9.36. The Hall–Kier alpha value is -3.10. The quantitative estimate of drug-likeness (QED) is 0.620. The summed E-state index contributed by atoms with van der Waals surface area (Å²) < 4.78 is 67.2. The summed E-state index contributed by atoms with van der Waals surface area (Å²) >= 11 is 0. The van der Waals surface area contributed by atoms with E-state index in [1.165, 1.54) is 4.31 Å². The number of rotatable bonds is 6. The lowest BCUT2D eigenvalue weighted by Gasteiger charge is -2.26. The van der Waals surface area contributed by atoms with E-state index in [4.69, 9.17) is 10.1 Å². The van der Waals surface area contributed by atoms with E-state index in [2.05, 4.69) is 9.89 Å². The third kappa shape index (κ3) is 6.19. The number of oxime groups is 1. The molecule has 0 radical (unpaired) electrons. The molecule has 0 saturated carbocycles. The van der Waals surface area contributed by atoms with Crippen molar-refractivity contribution in [2.75, 3.05) is 13.1 Å². The number of sulfonamides is 1. The van der Waals surface area contributed by atoms with Crippen LogP contribution >= 0.6 is 0 Å². The summed E-state index contributed by atoms with van der Waals surface area (Å²) in [5.41, 5.74) is 2.02. The molecule has 1 aliphatic rings. The first-order valence-corrected chi connectivity index (χ1v) is 10.6. The van der Waals surface area contributed by atoms with Gasteiger partial charge in [-0.1, -0.05) is 17.3 Å². The van der Waals surface area contributed by atoms with E-state index in [1.54, 1.807) is 24.3 Å². The van der Waals surface area contributed by atoms with Gasteiger partial charge in [0.2, 0.25) is 10.0 Å². The molecule has 1 saturated heterocycles. The van der Waals surface area contributed by atoms with Gasteiger partial charge in [0.25, 0.3) is 0 Å². The Labute approximate surface area is 177 Å². The Morgan fingerprint density at radius 1 is 1.10 bits per heavy atom. The number of hydrogen-bond acceptors (Lipinski definition) is 6. The number of benzene rings is 2. The van der Waals surface area contributed by atoms with Crippen LogP contribution in [0.15, 0.2) is 58.6 Å². The Kier molecular flexibility index (Phi) is 6.82. The van der Waals surface area contributed by atoms with E-state index in [9.17, 15) is 21.6 Å². The highest BCUT2D eigenvalue weighted by atomic mass is 32.2. The highest BCUT2D eigenvalue weighted by Crippen LogP contribution is 2.26. The first kappa shape index (κ1) is 22.6. The number of nitriles is 1. The van der Waals surface area contributed by atoms with Gasteiger partial charge in [-0.05, 0) is 42.0 Å². The van der Waals surface area contributed by atoms with Gasteiger partial charge in [0, 0.05) is 25.9 Å². The molecule has 0 bridgehead atoms. The van der Waals surface area contributed by atoms with Crippen LogP contribution in [-0.2, 0) is 21.5 Å². The highest BCUT2D eigenvalue weighted by molar-refractivity contribution is 7.89. The Balaban J connectivity index is 1.55. The van der Waals surface area contributed by atoms with Crippen molar-refractivity contribution in [3.63, 3.8) is 0 Å². The lowest BCUT2D eigenvalue weighted by atomic mass is 10.1. The predicted octanol–water partition coefficient (Wildman–Crippen LogP) is 3.81. The lowest BCUT2D eigenvalue weighted by Crippen LogP contribution is -2.38. The number of ether oxygens (including phenoxy) is 1. The molecule has 0 aromatic heterocycles. The number of piperidine rings is 1. The van der Waals surface area contributed by atoms with Gasteiger partial charge >= 0.3 is 6.36 Å². The van der Waals surface area contributed by atoms with Gasteiger partial charge in [-0.3, -0.25) is 0 Å². The number of halogens is 3. The van der Waals surface area contributed by atoms with E-state index in [-0.39, 0.29) is 24.6 Å². The van der Waals surface area contributed by atoms with Crippen molar-refractivity contribution in [1.29, 1.82) is 5.26 Å². The van der Waals surface area contributed by atoms with Gasteiger partial charge in [0.05, 0.1) is 22.2 Å². The fourth-order valence-electron chi connectivity index (χ4n) is 2.97. The molecule has 31 heavy (non-hydrogen) atoms. The monoisotopic (exact) mass is 453 g/mol. The fourth-order valence-corrected chi connectivity index (χ4v) is 4.41.